The molecule has 38 heavy (non-hydrogen) atoms. The summed E-state index contributed by atoms with van der Waals surface area (Å²) in [4.78, 5) is 13.5. The van der Waals surface area contributed by atoms with Crippen molar-refractivity contribution in [2.75, 3.05) is 4.90 Å². The van der Waals surface area contributed by atoms with Crippen LogP contribution in [0, 0.1) is 0 Å². The monoisotopic (exact) mass is 507 g/mol. The first-order valence-corrected chi connectivity index (χ1v) is 13.1. The van der Waals surface area contributed by atoms with E-state index in [9.17, 15) is 4.79 Å². The highest BCUT2D eigenvalue weighted by Gasteiger charge is 2.33. The highest BCUT2D eigenvalue weighted by atomic mass is 16.4. The number of rotatable bonds is 8. The van der Waals surface area contributed by atoms with Crippen molar-refractivity contribution < 1.29 is 9.90 Å². The topological polar surface area (TPSA) is 58.4 Å². The Balaban J connectivity index is 1.76. The van der Waals surface area contributed by atoms with Crippen LogP contribution in [0.2, 0.25) is 0 Å². The predicted molar refractivity (Wildman–Crippen MR) is 156 cm³/mol. The summed E-state index contributed by atoms with van der Waals surface area (Å²) >= 11 is 0. The minimum absolute atomic E-state index is 0.0561. The molecular weight excluding hydrogens is 470 g/mol. The summed E-state index contributed by atoms with van der Waals surface area (Å²) in [5.41, 5.74) is 9.06. The molecule has 1 N–H and O–H groups in total. The third kappa shape index (κ3) is 5.88. The first-order chi connectivity index (χ1) is 18.2. The number of allylic oxidation sites excluding steroid dienone is 4. The van der Waals surface area contributed by atoms with Crippen molar-refractivity contribution in [3.63, 3.8) is 0 Å². The van der Waals surface area contributed by atoms with E-state index in [2.05, 4.69) is 79.8 Å². The zero-order valence-corrected chi connectivity index (χ0v) is 22.9. The molecule has 0 unspecified atom stereocenters. The molecule has 0 aliphatic carbocycles. The summed E-state index contributed by atoms with van der Waals surface area (Å²) in [6.07, 6.45) is 13.5. The number of aryl methyl sites for hydroxylation is 1. The molecule has 2 heterocycles. The van der Waals surface area contributed by atoms with E-state index in [1.807, 2.05) is 49.3 Å². The molecular formula is C33H37N3O2. The number of benzene rings is 2. The van der Waals surface area contributed by atoms with Crippen molar-refractivity contribution in [1.82, 2.24) is 9.78 Å². The van der Waals surface area contributed by atoms with Gasteiger partial charge in [-0.05, 0) is 77.8 Å². The van der Waals surface area contributed by atoms with Crippen LogP contribution < -0.4 is 4.90 Å². The number of hydrogen-bond acceptors (Lipinski definition) is 3. The van der Waals surface area contributed by atoms with Crippen LogP contribution in [0.1, 0.15) is 56.3 Å². The summed E-state index contributed by atoms with van der Waals surface area (Å²) in [6, 6.07) is 15.8. The van der Waals surface area contributed by atoms with Crippen molar-refractivity contribution >= 4 is 11.7 Å². The van der Waals surface area contributed by atoms with Gasteiger partial charge in [0.2, 0.25) is 0 Å². The summed E-state index contributed by atoms with van der Waals surface area (Å²) in [5.74, 6) is -0.492. The standard InChI is InChI=1S/C33H37N3O2/c1-7-25(10-17-32(37)38)9-8-23(4)33-31-16-13-27(29-20-34-35(6)21-29)19-28(31)18-24(5)36(33)30-14-11-26(12-15-30)22(2)3/h7-17,19-22,24,33H,4,18H2,1-3,5-6H3,(H,37,38)/b9-8-,17-10+,25-7+/t24-,33-/m1/s1. The Morgan fingerprint density at radius 3 is 2.39 bits per heavy atom. The largest absolute Gasteiger partial charge is 0.478 e. The van der Waals surface area contributed by atoms with Gasteiger partial charge in [0, 0.05) is 36.6 Å². The number of carboxylic acid groups (broad SMARTS) is 1. The highest BCUT2D eigenvalue weighted by molar-refractivity contribution is 5.80. The van der Waals surface area contributed by atoms with Crippen LogP contribution in [0.5, 0.6) is 0 Å². The fourth-order valence-electron chi connectivity index (χ4n) is 5.14. The second-order valence-electron chi connectivity index (χ2n) is 10.3. The van der Waals surface area contributed by atoms with Crippen LogP contribution in [0.4, 0.5) is 5.69 Å². The van der Waals surface area contributed by atoms with Gasteiger partial charge in [0.15, 0.2) is 0 Å². The Morgan fingerprint density at radius 2 is 1.79 bits per heavy atom. The molecule has 1 aliphatic heterocycles. The Bertz CT molecular complexity index is 1410. The van der Waals surface area contributed by atoms with Crippen LogP contribution in [0.15, 0.2) is 103 Å². The molecule has 5 heteroatoms. The molecule has 0 amide bonds. The van der Waals surface area contributed by atoms with Crippen molar-refractivity contribution in [2.45, 2.75) is 52.1 Å². The smallest absolute Gasteiger partial charge is 0.328 e. The van der Waals surface area contributed by atoms with E-state index in [0.717, 1.165) is 34.8 Å². The van der Waals surface area contributed by atoms with Crippen LogP contribution in [0.25, 0.3) is 11.1 Å². The number of hydrogen-bond donors (Lipinski definition) is 1. The normalized spacial score (nSPS) is 17.9. The lowest BCUT2D eigenvalue weighted by molar-refractivity contribution is -0.131. The Hall–Kier alpha value is -4.12. The van der Waals surface area contributed by atoms with Crippen molar-refractivity contribution in [2.24, 2.45) is 7.05 Å². The fraction of sp³-hybridized carbons (Fsp3) is 0.273. The summed E-state index contributed by atoms with van der Waals surface area (Å²) in [7, 11) is 1.93. The molecule has 1 aliphatic rings. The van der Waals surface area contributed by atoms with E-state index in [4.69, 9.17) is 5.11 Å². The Morgan fingerprint density at radius 1 is 1.08 bits per heavy atom. The number of carbonyl (C=O) groups is 1. The summed E-state index contributed by atoms with van der Waals surface area (Å²) in [5, 5.41) is 13.4. The quantitative estimate of drug-likeness (QED) is 0.255. The molecule has 2 aromatic carbocycles. The Kier molecular flexibility index (Phi) is 8.16. The van der Waals surface area contributed by atoms with E-state index in [1.165, 1.54) is 22.4 Å². The van der Waals surface area contributed by atoms with Gasteiger partial charge in [0.05, 0.1) is 12.2 Å². The highest BCUT2D eigenvalue weighted by Crippen LogP contribution is 2.42. The maximum Gasteiger partial charge on any atom is 0.328 e. The average molecular weight is 508 g/mol. The second kappa shape index (κ2) is 11.5. The fourth-order valence-corrected chi connectivity index (χ4v) is 5.14. The van der Waals surface area contributed by atoms with Crippen molar-refractivity contribution in [3.05, 3.63) is 120 Å². The van der Waals surface area contributed by atoms with Crippen LogP contribution in [0.3, 0.4) is 0 Å². The van der Waals surface area contributed by atoms with E-state index >= 15 is 0 Å². The third-order valence-corrected chi connectivity index (χ3v) is 7.19. The molecule has 196 valence electrons. The van der Waals surface area contributed by atoms with Crippen LogP contribution >= 0.6 is 0 Å². The SMILES string of the molecule is C=C(\C=C/C(/C=C/C(=O)O)=C\C)[C@@H]1c2ccc(-c3cnn(C)c3)cc2C[C@@H](C)N1c1ccc(C(C)C)cc1. The first-order valence-electron chi connectivity index (χ1n) is 13.1. The first kappa shape index (κ1) is 26.9. The summed E-state index contributed by atoms with van der Waals surface area (Å²) in [6.45, 7) is 13.1. The lowest BCUT2D eigenvalue weighted by Gasteiger charge is -2.44. The lowest BCUT2D eigenvalue weighted by atomic mass is 9.83. The molecule has 0 radical (unpaired) electrons. The lowest BCUT2D eigenvalue weighted by Crippen LogP contribution is -2.43. The summed E-state index contributed by atoms with van der Waals surface area (Å²) < 4.78 is 1.83. The Labute approximate surface area is 226 Å². The second-order valence-corrected chi connectivity index (χ2v) is 10.3. The van der Waals surface area contributed by atoms with E-state index in [0.29, 0.717) is 5.92 Å². The number of anilines is 1. The van der Waals surface area contributed by atoms with Gasteiger partial charge in [0.1, 0.15) is 0 Å². The van der Waals surface area contributed by atoms with Gasteiger partial charge in [-0.3, -0.25) is 4.68 Å². The molecule has 1 aromatic heterocycles. The zero-order chi connectivity index (χ0) is 27.4. The van der Waals surface area contributed by atoms with Crippen molar-refractivity contribution in [1.29, 1.82) is 0 Å². The molecule has 3 aromatic rings. The minimum atomic E-state index is -0.966. The predicted octanol–water partition coefficient (Wildman–Crippen LogP) is 7.40. The molecule has 0 fully saturated rings. The number of aromatic nitrogens is 2. The maximum absolute atomic E-state index is 11.0. The van der Waals surface area contributed by atoms with Gasteiger partial charge < -0.3 is 10.0 Å². The van der Waals surface area contributed by atoms with Crippen LogP contribution in [-0.2, 0) is 18.3 Å². The van der Waals surface area contributed by atoms with Gasteiger partial charge in [-0.1, -0.05) is 69.0 Å². The van der Waals surface area contributed by atoms with Gasteiger partial charge >= 0.3 is 5.97 Å². The van der Waals surface area contributed by atoms with Gasteiger partial charge in [-0.2, -0.15) is 5.10 Å². The zero-order valence-electron chi connectivity index (χ0n) is 22.9. The van der Waals surface area contributed by atoms with E-state index < -0.39 is 5.97 Å². The van der Waals surface area contributed by atoms with Gasteiger partial charge in [-0.25, -0.2) is 4.79 Å². The van der Waals surface area contributed by atoms with E-state index in [1.54, 1.807) is 6.08 Å². The van der Waals surface area contributed by atoms with E-state index in [-0.39, 0.29) is 12.1 Å². The third-order valence-electron chi connectivity index (χ3n) is 7.19. The number of nitrogens with zero attached hydrogens (tertiary/aromatic N) is 3. The minimum Gasteiger partial charge on any atom is -0.478 e. The molecule has 0 saturated heterocycles. The van der Waals surface area contributed by atoms with Gasteiger partial charge in [0.25, 0.3) is 0 Å². The molecule has 4 rings (SSSR count). The van der Waals surface area contributed by atoms with Crippen molar-refractivity contribution in [3.8, 4) is 11.1 Å². The maximum atomic E-state index is 11.0. The number of fused-ring (bicyclic) bond motifs is 1. The average Bonchev–Trinajstić information content (AvgIpc) is 3.33. The van der Waals surface area contributed by atoms with Crippen LogP contribution in [-0.4, -0.2) is 26.9 Å². The molecule has 0 saturated carbocycles. The molecule has 5 nitrogen and oxygen atoms in total. The van der Waals surface area contributed by atoms with Gasteiger partial charge in [-0.15, -0.1) is 0 Å². The number of carboxylic acids is 1. The molecule has 0 bridgehead atoms. The molecule has 0 spiro atoms. The number of aliphatic carboxylic acids is 1. The molecule has 2 atom stereocenters.